The minimum atomic E-state index is -0.240. The molecule has 0 N–H and O–H groups in total. The first-order valence-corrected chi connectivity index (χ1v) is 7.91. The number of nitrogens with zero attached hydrogens (tertiary/aromatic N) is 1. The second-order valence-corrected chi connectivity index (χ2v) is 5.36. The number of methoxy groups -OCH3 is 1. The van der Waals surface area contributed by atoms with Crippen LogP contribution in [0.5, 0.6) is 5.75 Å². The minimum absolute atomic E-state index is 0.240. The molecule has 1 rings (SSSR count). The number of halogens is 2. The monoisotopic (exact) mass is 331 g/mol. The van der Waals surface area contributed by atoms with Crippen LogP contribution in [-0.4, -0.2) is 29.9 Å². The summed E-state index contributed by atoms with van der Waals surface area (Å²) < 4.78 is 19.2. The molecule has 0 radical (unpaired) electrons. The number of hydrogen-bond donors (Lipinski definition) is 0. The molecule has 1 aromatic carbocycles. The third-order valence-electron chi connectivity index (χ3n) is 3.47. The number of hydrogen-bond acceptors (Lipinski definition) is 2. The van der Waals surface area contributed by atoms with Crippen LogP contribution in [0.4, 0.5) is 4.39 Å². The first-order valence-electron chi connectivity index (χ1n) is 6.79. The summed E-state index contributed by atoms with van der Waals surface area (Å²) in [5.74, 6) is 0.0800. The van der Waals surface area contributed by atoms with Crippen LogP contribution in [0.2, 0.25) is 0 Å². The predicted octanol–water partition coefficient (Wildman–Crippen LogP) is 4.22. The zero-order chi connectivity index (χ0) is 14.3. The summed E-state index contributed by atoms with van der Waals surface area (Å²) in [7, 11) is 1.50. The molecular weight excluding hydrogens is 309 g/mol. The van der Waals surface area contributed by atoms with Gasteiger partial charge in [-0.25, -0.2) is 4.39 Å². The van der Waals surface area contributed by atoms with Crippen LogP contribution in [0.25, 0.3) is 0 Å². The third kappa shape index (κ3) is 4.46. The van der Waals surface area contributed by atoms with E-state index in [4.69, 9.17) is 4.74 Å². The lowest BCUT2D eigenvalue weighted by atomic mass is 10.1. The molecule has 0 unspecified atom stereocenters. The molecule has 0 bridgehead atoms. The highest BCUT2D eigenvalue weighted by molar-refractivity contribution is 9.09. The smallest absolute Gasteiger partial charge is 0.169 e. The zero-order valence-corrected chi connectivity index (χ0v) is 13.5. The molecule has 0 aliphatic heterocycles. The van der Waals surface area contributed by atoms with Crippen molar-refractivity contribution in [3.63, 3.8) is 0 Å². The van der Waals surface area contributed by atoms with E-state index in [0.717, 1.165) is 24.7 Å². The van der Waals surface area contributed by atoms with Crippen molar-refractivity contribution < 1.29 is 9.13 Å². The molecule has 1 aromatic rings. The molecule has 0 saturated carbocycles. The number of alkyl halides is 1. The van der Waals surface area contributed by atoms with Gasteiger partial charge in [0.05, 0.1) is 7.11 Å². The molecule has 4 heteroatoms. The van der Waals surface area contributed by atoms with Gasteiger partial charge in [0, 0.05) is 30.0 Å². The Bertz CT molecular complexity index is 382. The van der Waals surface area contributed by atoms with Crippen LogP contribution >= 0.6 is 15.9 Å². The molecule has 0 fully saturated rings. The summed E-state index contributed by atoms with van der Waals surface area (Å²) in [6.07, 6.45) is 2.16. The Labute approximate surface area is 124 Å². The summed E-state index contributed by atoms with van der Waals surface area (Å²) in [6, 6.07) is 5.83. The summed E-state index contributed by atoms with van der Waals surface area (Å²) in [4.78, 5) is 2.33. The van der Waals surface area contributed by atoms with Crippen molar-refractivity contribution in [3.8, 4) is 5.75 Å². The van der Waals surface area contributed by atoms with Gasteiger partial charge in [0.15, 0.2) is 11.6 Å². The van der Waals surface area contributed by atoms with Gasteiger partial charge >= 0.3 is 0 Å². The first-order chi connectivity index (χ1) is 9.17. The molecule has 0 aliphatic rings. The van der Waals surface area contributed by atoms with Gasteiger partial charge in [0.1, 0.15) is 0 Å². The second kappa shape index (κ2) is 8.54. The molecular formula is C15H23BrFNO. The van der Waals surface area contributed by atoms with Gasteiger partial charge in [-0.2, -0.15) is 0 Å². The van der Waals surface area contributed by atoms with Crippen LogP contribution < -0.4 is 4.74 Å². The van der Waals surface area contributed by atoms with Crippen molar-refractivity contribution in [2.45, 2.75) is 39.3 Å². The Morgan fingerprint density at radius 2 is 2.00 bits per heavy atom. The number of ether oxygens (including phenoxy) is 1. The summed E-state index contributed by atoms with van der Waals surface area (Å²) >= 11 is 3.48. The van der Waals surface area contributed by atoms with Crippen molar-refractivity contribution in [1.29, 1.82) is 0 Å². The minimum Gasteiger partial charge on any atom is -0.494 e. The van der Waals surface area contributed by atoms with E-state index in [2.05, 4.69) is 34.7 Å². The van der Waals surface area contributed by atoms with Crippen molar-refractivity contribution in [3.05, 3.63) is 29.6 Å². The topological polar surface area (TPSA) is 12.5 Å². The maximum Gasteiger partial charge on any atom is 0.169 e. The Morgan fingerprint density at radius 3 is 2.53 bits per heavy atom. The lowest BCUT2D eigenvalue weighted by molar-refractivity contribution is 0.186. The molecule has 0 heterocycles. The van der Waals surface area contributed by atoms with Crippen LogP contribution in [0, 0.1) is 5.82 Å². The van der Waals surface area contributed by atoms with Crippen molar-refractivity contribution in [1.82, 2.24) is 4.90 Å². The van der Waals surface area contributed by atoms with Crippen LogP contribution in [0.1, 0.15) is 32.3 Å². The van der Waals surface area contributed by atoms with E-state index in [1.54, 1.807) is 6.07 Å². The summed E-state index contributed by atoms with van der Waals surface area (Å²) in [6.45, 7) is 5.90. The van der Waals surface area contributed by atoms with Crippen molar-refractivity contribution in [2.75, 3.05) is 19.0 Å². The Balaban J connectivity index is 2.89. The Hall–Kier alpha value is -0.610. The fourth-order valence-electron chi connectivity index (χ4n) is 2.36. The number of benzene rings is 1. The van der Waals surface area contributed by atoms with Gasteiger partial charge in [-0.1, -0.05) is 41.9 Å². The molecule has 0 amide bonds. The van der Waals surface area contributed by atoms with E-state index in [0.29, 0.717) is 23.9 Å². The van der Waals surface area contributed by atoms with E-state index in [1.165, 1.54) is 7.11 Å². The highest BCUT2D eigenvalue weighted by Crippen LogP contribution is 2.22. The van der Waals surface area contributed by atoms with E-state index < -0.39 is 0 Å². The Morgan fingerprint density at radius 1 is 1.32 bits per heavy atom. The molecule has 0 aliphatic carbocycles. The van der Waals surface area contributed by atoms with Gasteiger partial charge in [-0.3, -0.25) is 4.90 Å². The molecule has 2 nitrogen and oxygen atoms in total. The standard InChI is InChI=1S/C15H23BrFNO/c1-4-13(5-2)18(10-9-16)11-12-7-6-8-14(19-3)15(12)17/h6-8,13H,4-5,9-11H2,1-3H3. The average Bonchev–Trinajstić information content (AvgIpc) is 2.42. The highest BCUT2D eigenvalue weighted by atomic mass is 79.9. The van der Waals surface area contributed by atoms with Gasteiger partial charge in [-0.15, -0.1) is 0 Å². The van der Waals surface area contributed by atoms with Gasteiger partial charge in [-0.05, 0) is 18.9 Å². The predicted molar refractivity (Wildman–Crippen MR) is 81.5 cm³/mol. The van der Waals surface area contributed by atoms with Gasteiger partial charge in [0.25, 0.3) is 0 Å². The van der Waals surface area contributed by atoms with Crippen molar-refractivity contribution >= 4 is 15.9 Å². The highest BCUT2D eigenvalue weighted by Gasteiger charge is 2.17. The molecule has 0 atom stereocenters. The normalized spacial score (nSPS) is 11.3. The zero-order valence-electron chi connectivity index (χ0n) is 12.0. The lowest BCUT2D eigenvalue weighted by Crippen LogP contribution is -2.35. The third-order valence-corrected chi connectivity index (χ3v) is 3.82. The summed E-state index contributed by atoms with van der Waals surface area (Å²) in [5, 5.41) is 0.898. The maximum atomic E-state index is 14.2. The largest absolute Gasteiger partial charge is 0.494 e. The fourth-order valence-corrected chi connectivity index (χ4v) is 2.81. The maximum absolute atomic E-state index is 14.2. The summed E-state index contributed by atoms with van der Waals surface area (Å²) in [5.41, 5.74) is 0.701. The molecule has 19 heavy (non-hydrogen) atoms. The van der Waals surface area contributed by atoms with Gasteiger partial charge in [0.2, 0.25) is 0 Å². The fraction of sp³-hybridized carbons (Fsp3) is 0.600. The van der Waals surface area contributed by atoms with E-state index in [1.807, 2.05) is 12.1 Å². The molecule has 0 spiro atoms. The molecule has 108 valence electrons. The van der Waals surface area contributed by atoms with Crippen LogP contribution in [0.15, 0.2) is 18.2 Å². The lowest BCUT2D eigenvalue weighted by Gasteiger charge is -2.30. The Kier molecular flexibility index (Phi) is 7.39. The number of rotatable bonds is 8. The molecule has 0 saturated heterocycles. The van der Waals surface area contributed by atoms with E-state index in [9.17, 15) is 4.39 Å². The average molecular weight is 332 g/mol. The van der Waals surface area contributed by atoms with Crippen LogP contribution in [-0.2, 0) is 6.54 Å². The first kappa shape index (κ1) is 16.4. The SMILES string of the molecule is CCC(CC)N(CCBr)Cc1cccc(OC)c1F. The van der Waals surface area contributed by atoms with Gasteiger partial charge < -0.3 is 4.74 Å². The van der Waals surface area contributed by atoms with Crippen molar-refractivity contribution in [2.24, 2.45) is 0 Å². The van der Waals surface area contributed by atoms with E-state index in [-0.39, 0.29) is 5.82 Å². The quantitative estimate of drug-likeness (QED) is 0.661. The second-order valence-electron chi connectivity index (χ2n) is 4.56. The van der Waals surface area contributed by atoms with Crippen LogP contribution in [0.3, 0.4) is 0 Å². The van der Waals surface area contributed by atoms with E-state index >= 15 is 0 Å². The molecule has 0 aromatic heterocycles.